The smallest absolute Gasteiger partial charge is 0.407 e. The third kappa shape index (κ3) is 9.37. The summed E-state index contributed by atoms with van der Waals surface area (Å²) in [5, 5.41) is 25.6. The Kier molecular flexibility index (Phi) is 12.5. The van der Waals surface area contributed by atoms with Gasteiger partial charge in [-0.2, -0.15) is 0 Å². The average Bonchev–Trinajstić information content (AvgIpc) is 3.78. The van der Waals surface area contributed by atoms with Crippen LogP contribution in [0.4, 0.5) is 16.4 Å². The quantitative estimate of drug-likeness (QED) is 0.119. The highest BCUT2D eigenvalue weighted by molar-refractivity contribution is 5.93. The number of rotatable bonds is 8. The third-order valence-electron chi connectivity index (χ3n) is 11.6. The van der Waals surface area contributed by atoms with Gasteiger partial charge in [-0.3, -0.25) is 0 Å². The van der Waals surface area contributed by atoms with Crippen LogP contribution in [0.5, 0.6) is 11.5 Å². The molecule has 9 rings (SSSR count). The van der Waals surface area contributed by atoms with Crippen molar-refractivity contribution in [3.8, 4) is 34.3 Å². The predicted molar refractivity (Wildman–Crippen MR) is 235 cm³/mol. The summed E-state index contributed by atoms with van der Waals surface area (Å²) < 4.78 is 10.7. The molecule has 312 valence electrons. The zero-order valence-corrected chi connectivity index (χ0v) is 34.4. The first kappa shape index (κ1) is 40.7. The maximum absolute atomic E-state index is 12.2. The van der Waals surface area contributed by atoms with E-state index in [4.69, 9.17) is 35.1 Å². The summed E-state index contributed by atoms with van der Waals surface area (Å²) in [5.41, 5.74) is 11.2. The number of nitrogens with two attached hydrogens (primary N) is 1. The molecule has 0 bridgehead atoms. The van der Waals surface area contributed by atoms with Crippen molar-refractivity contribution in [1.29, 1.82) is 0 Å². The molecule has 13 heteroatoms. The lowest BCUT2D eigenvalue weighted by Gasteiger charge is -2.34. The number of carbonyl (C=O) groups is 1. The third-order valence-corrected chi connectivity index (χ3v) is 11.6. The standard InChI is InChI=1S/C26H30N4O4.C21H24N4O/c1-17-8-9-20-22(13-17)28-24(21-6-2-3-7-23(21)31)29-25(20)30-11-4-5-18(15-30)14-27-26(32)34-19-10-12-33-16-19;1-14-8-9-16-18(11-14)23-20(17-6-2-3-7-19(17)26)24-21(16)25-10-4-5-15(12-22)13-25/h2-3,6-9,13,18-19,31H,4-5,10-12,14-16H2,1H3,(H,27,32);2-3,6-9,11,15,26H,4-5,10,12-13,22H2,1H3/t18?,19-;/m1./s1. The molecule has 3 aliphatic heterocycles. The second kappa shape index (κ2) is 18.5. The van der Waals surface area contributed by atoms with Gasteiger partial charge in [0.2, 0.25) is 0 Å². The summed E-state index contributed by atoms with van der Waals surface area (Å²) in [6.07, 6.45) is 4.54. The topological polar surface area (TPSA) is 172 Å². The minimum absolute atomic E-state index is 0.147. The number of aromatic hydroxyl groups is 2. The van der Waals surface area contributed by atoms with Crippen LogP contribution in [-0.4, -0.2) is 94.8 Å². The molecule has 1 amide bonds. The highest BCUT2D eigenvalue weighted by Crippen LogP contribution is 2.35. The van der Waals surface area contributed by atoms with Crippen molar-refractivity contribution in [3.63, 3.8) is 0 Å². The fraction of sp³-hybridized carbons (Fsp3) is 0.383. The Balaban J connectivity index is 0.000000172. The summed E-state index contributed by atoms with van der Waals surface area (Å²) in [6, 6.07) is 26.8. The van der Waals surface area contributed by atoms with Gasteiger partial charge >= 0.3 is 6.09 Å². The van der Waals surface area contributed by atoms with Crippen molar-refractivity contribution in [2.75, 3.05) is 62.3 Å². The van der Waals surface area contributed by atoms with Crippen LogP contribution in [0.15, 0.2) is 84.9 Å². The van der Waals surface area contributed by atoms with Crippen molar-refractivity contribution < 1.29 is 24.5 Å². The molecule has 3 aliphatic rings. The van der Waals surface area contributed by atoms with Crippen molar-refractivity contribution in [2.45, 2.75) is 52.1 Å². The van der Waals surface area contributed by atoms with E-state index < -0.39 is 0 Å². The molecule has 13 nitrogen and oxygen atoms in total. The number of nitrogens with one attached hydrogen (secondary N) is 1. The van der Waals surface area contributed by atoms with Gasteiger partial charge < -0.3 is 40.5 Å². The molecule has 3 atom stereocenters. The first-order valence-corrected chi connectivity index (χ1v) is 21.1. The van der Waals surface area contributed by atoms with Crippen molar-refractivity contribution in [3.05, 3.63) is 96.1 Å². The van der Waals surface area contributed by atoms with Crippen LogP contribution in [0.1, 0.15) is 43.2 Å². The molecule has 5 N–H and O–H groups in total. The van der Waals surface area contributed by atoms with Gasteiger partial charge in [0.15, 0.2) is 11.6 Å². The van der Waals surface area contributed by atoms with Gasteiger partial charge in [-0.25, -0.2) is 24.7 Å². The fourth-order valence-electron chi connectivity index (χ4n) is 8.39. The molecule has 0 aliphatic carbocycles. The van der Waals surface area contributed by atoms with Gasteiger partial charge in [-0.15, -0.1) is 0 Å². The Hall–Kier alpha value is -6.05. The van der Waals surface area contributed by atoms with Gasteiger partial charge in [0.1, 0.15) is 29.2 Å². The van der Waals surface area contributed by atoms with Crippen LogP contribution in [0, 0.1) is 25.7 Å². The van der Waals surface area contributed by atoms with Crippen LogP contribution < -0.4 is 20.9 Å². The van der Waals surface area contributed by atoms with Crippen LogP contribution in [0.3, 0.4) is 0 Å². The number of amides is 1. The molecule has 4 aromatic carbocycles. The van der Waals surface area contributed by atoms with Crippen molar-refractivity contribution in [2.24, 2.45) is 17.6 Å². The zero-order chi connectivity index (χ0) is 41.6. The van der Waals surface area contributed by atoms with Crippen molar-refractivity contribution >= 4 is 39.5 Å². The Labute approximate surface area is 350 Å². The highest BCUT2D eigenvalue weighted by atomic mass is 16.6. The first-order chi connectivity index (χ1) is 29.2. The first-order valence-electron chi connectivity index (χ1n) is 21.1. The molecule has 3 fully saturated rings. The lowest BCUT2D eigenvalue weighted by Crippen LogP contribution is -2.42. The largest absolute Gasteiger partial charge is 0.507 e. The number of aromatic nitrogens is 4. The number of hydrogen-bond acceptors (Lipinski definition) is 12. The van der Waals surface area contributed by atoms with E-state index in [2.05, 4.69) is 58.4 Å². The number of alkyl carbamates (subject to hydrolysis) is 1. The number of phenols is 2. The molecule has 0 spiro atoms. The van der Waals surface area contributed by atoms with Gasteiger partial charge in [0, 0.05) is 49.9 Å². The summed E-state index contributed by atoms with van der Waals surface area (Å²) in [5.74, 6) is 4.00. The van der Waals surface area contributed by atoms with E-state index in [-0.39, 0.29) is 29.6 Å². The number of hydrogen-bond donors (Lipinski definition) is 4. The van der Waals surface area contributed by atoms with Crippen LogP contribution in [0.2, 0.25) is 0 Å². The van der Waals surface area contributed by atoms with Crippen LogP contribution in [0.25, 0.3) is 44.6 Å². The Morgan fingerprint density at radius 2 is 1.28 bits per heavy atom. The molecule has 0 radical (unpaired) electrons. The van der Waals surface area contributed by atoms with E-state index in [0.29, 0.717) is 55.0 Å². The Morgan fingerprint density at radius 1 is 0.750 bits per heavy atom. The van der Waals surface area contributed by atoms with E-state index in [0.717, 1.165) is 96.4 Å². The number of carbonyl (C=O) groups excluding carboxylic acids is 1. The maximum atomic E-state index is 12.2. The molecule has 6 aromatic rings. The molecule has 2 unspecified atom stereocenters. The Bertz CT molecular complexity index is 2460. The lowest BCUT2D eigenvalue weighted by atomic mass is 9.97. The number of ether oxygens (including phenoxy) is 2. The number of phenolic OH excluding ortho intramolecular Hbond substituents is 2. The summed E-state index contributed by atoms with van der Waals surface area (Å²) in [7, 11) is 0. The van der Waals surface area contributed by atoms with Gasteiger partial charge in [0.25, 0.3) is 0 Å². The monoisotopic (exact) mass is 810 g/mol. The summed E-state index contributed by atoms with van der Waals surface area (Å²) in [4.78, 5) is 36.1. The van der Waals surface area contributed by atoms with Gasteiger partial charge in [-0.1, -0.05) is 36.4 Å². The second-order valence-corrected chi connectivity index (χ2v) is 16.2. The van der Waals surface area contributed by atoms with Crippen LogP contribution >= 0.6 is 0 Å². The number of piperidine rings is 2. The maximum Gasteiger partial charge on any atom is 0.407 e. The predicted octanol–water partition coefficient (Wildman–Crippen LogP) is 7.53. The van der Waals surface area contributed by atoms with E-state index in [9.17, 15) is 15.0 Å². The normalized spacial score (nSPS) is 19.2. The van der Waals surface area contributed by atoms with E-state index in [1.165, 1.54) is 6.42 Å². The average molecular weight is 811 g/mol. The molecular formula is C47H54N8O5. The molecule has 5 heterocycles. The Morgan fingerprint density at radius 3 is 1.80 bits per heavy atom. The van der Waals surface area contributed by atoms with Crippen molar-refractivity contribution in [1.82, 2.24) is 25.3 Å². The molecule has 3 saturated heterocycles. The summed E-state index contributed by atoms with van der Waals surface area (Å²) in [6.45, 7) is 10.0. The molecule has 2 aromatic heterocycles. The van der Waals surface area contributed by atoms with Gasteiger partial charge in [-0.05, 0) is 118 Å². The SMILES string of the molecule is Cc1ccc2c(N3CCCC(CN)C3)nc(-c3ccccc3O)nc2c1.Cc1ccc2c(N3CCCC(CNC(=O)O[C@@H]4CCOC4)C3)nc(-c3ccccc3O)nc2c1. The lowest BCUT2D eigenvalue weighted by molar-refractivity contribution is 0.0821. The van der Waals surface area contributed by atoms with E-state index >= 15 is 0 Å². The zero-order valence-electron chi connectivity index (χ0n) is 34.4. The molecule has 60 heavy (non-hydrogen) atoms. The number of nitrogens with zero attached hydrogens (tertiary/aromatic N) is 6. The minimum atomic E-state index is -0.377. The second-order valence-electron chi connectivity index (χ2n) is 16.2. The number of benzene rings is 4. The highest BCUT2D eigenvalue weighted by Gasteiger charge is 2.27. The molecular weight excluding hydrogens is 757 g/mol. The number of aryl methyl sites for hydroxylation is 2. The number of para-hydroxylation sites is 2. The number of fused-ring (bicyclic) bond motifs is 2. The van der Waals surface area contributed by atoms with E-state index in [1.54, 1.807) is 24.3 Å². The van der Waals surface area contributed by atoms with E-state index in [1.807, 2.05) is 31.2 Å². The van der Waals surface area contributed by atoms with Gasteiger partial charge in [0.05, 0.1) is 35.4 Å². The number of anilines is 2. The van der Waals surface area contributed by atoms with Crippen LogP contribution in [-0.2, 0) is 9.47 Å². The summed E-state index contributed by atoms with van der Waals surface area (Å²) >= 11 is 0. The minimum Gasteiger partial charge on any atom is -0.507 e. The molecule has 0 saturated carbocycles. The fourth-order valence-corrected chi connectivity index (χ4v) is 8.39.